The van der Waals surface area contributed by atoms with E-state index in [0.29, 0.717) is 12.1 Å². The predicted octanol–water partition coefficient (Wildman–Crippen LogP) is 3.05. The van der Waals surface area contributed by atoms with Crippen LogP contribution >= 0.6 is 0 Å². The van der Waals surface area contributed by atoms with Crippen molar-refractivity contribution in [2.75, 3.05) is 6.54 Å². The molecule has 0 saturated heterocycles. The van der Waals surface area contributed by atoms with Crippen LogP contribution in [0.5, 0.6) is 0 Å². The highest BCUT2D eigenvalue weighted by atomic mass is 32.2. The smallest absolute Gasteiger partial charge is 0.214 e. The zero-order chi connectivity index (χ0) is 15.3. The monoisotopic (exact) mass is 307 g/mol. The number of halogens is 1. The zero-order valence-corrected chi connectivity index (χ0v) is 12.6. The van der Waals surface area contributed by atoms with Crippen molar-refractivity contribution in [2.45, 2.75) is 18.6 Å². The molecule has 0 saturated carbocycles. The molecule has 0 spiro atoms. The van der Waals surface area contributed by atoms with Crippen LogP contribution in [0.15, 0.2) is 54.6 Å². The number of hydrogen-bond acceptors (Lipinski definition) is 2. The molecule has 0 unspecified atom stereocenters. The molecule has 2 rings (SSSR count). The molecule has 2 aromatic rings. The first kappa shape index (κ1) is 15.7. The SMILES string of the molecule is C[C@@H](CNS(=O)(=O)Cc1ccc(F)cc1)c1ccccc1. The first-order chi connectivity index (χ1) is 9.96. The van der Waals surface area contributed by atoms with E-state index in [1.807, 2.05) is 37.3 Å². The van der Waals surface area contributed by atoms with Crippen LogP contribution in [0.3, 0.4) is 0 Å². The molecule has 0 aromatic heterocycles. The Morgan fingerprint density at radius 2 is 1.67 bits per heavy atom. The Morgan fingerprint density at radius 1 is 1.05 bits per heavy atom. The summed E-state index contributed by atoms with van der Waals surface area (Å²) in [7, 11) is -3.42. The minimum Gasteiger partial charge on any atom is -0.214 e. The van der Waals surface area contributed by atoms with E-state index in [2.05, 4.69) is 4.72 Å². The van der Waals surface area contributed by atoms with E-state index in [1.54, 1.807) is 0 Å². The molecule has 0 aliphatic carbocycles. The van der Waals surface area contributed by atoms with Crippen molar-refractivity contribution in [2.24, 2.45) is 0 Å². The van der Waals surface area contributed by atoms with E-state index >= 15 is 0 Å². The Hall–Kier alpha value is -1.72. The predicted molar refractivity (Wildman–Crippen MR) is 81.9 cm³/mol. The Kier molecular flexibility index (Phi) is 5.09. The Morgan fingerprint density at radius 3 is 2.29 bits per heavy atom. The standard InChI is InChI=1S/C16H18FNO2S/c1-13(15-5-3-2-4-6-15)11-18-21(19,20)12-14-7-9-16(17)10-8-14/h2-10,13,18H,11-12H2,1H3/t13-/m0/s1. The Balaban J connectivity index is 1.94. The van der Waals surface area contributed by atoms with E-state index < -0.39 is 10.0 Å². The van der Waals surface area contributed by atoms with Crippen molar-refractivity contribution in [1.29, 1.82) is 0 Å². The van der Waals surface area contributed by atoms with Gasteiger partial charge in [-0.1, -0.05) is 49.4 Å². The average molecular weight is 307 g/mol. The lowest BCUT2D eigenvalue weighted by Gasteiger charge is -2.13. The lowest BCUT2D eigenvalue weighted by atomic mass is 10.0. The maximum Gasteiger partial charge on any atom is 0.215 e. The molecule has 0 radical (unpaired) electrons. The normalized spacial score (nSPS) is 13.0. The van der Waals surface area contributed by atoms with E-state index in [4.69, 9.17) is 0 Å². The van der Waals surface area contributed by atoms with Gasteiger partial charge < -0.3 is 0 Å². The molecule has 21 heavy (non-hydrogen) atoms. The third-order valence-electron chi connectivity index (χ3n) is 3.25. The Bertz CT molecular complexity index is 669. The maximum absolute atomic E-state index is 12.8. The van der Waals surface area contributed by atoms with Gasteiger partial charge in [-0.05, 0) is 29.2 Å². The molecule has 0 bridgehead atoms. The molecule has 0 aliphatic rings. The molecule has 0 amide bonds. The third-order valence-corrected chi connectivity index (χ3v) is 4.57. The van der Waals surface area contributed by atoms with Gasteiger partial charge in [0.05, 0.1) is 5.75 Å². The number of hydrogen-bond donors (Lipinski definition) is 1. The summed E-state index contributed by atoms with van der Waals surface area (Å²) in [4.78, 5) is 0. The number of rotatable bonds is 6. The fraction of sp³-hybridized carbons (Fsp3) is 0.250. The van der Waals surface area contributed by atoms with Gasteiger partial charge in [0.25, 0.3) is 0 Å². The second kappa shape index (κ2) is 6.83. The van der Waals surface area contributed by atoms with Crippen LogP contribution < -0.4 is 4.72 Å². The van der Waals surface area contributed by atoms with Gasteiger partial charge >= 0.3 is 0 Å². The van der Waals surface area contributed by atoms with E-state index in [1.165, 1.54) is 24.3 Å². The second-order valence-corrected chi connectivity index (χ2v) is 6.85. The number of benzene rings is 2. The number of nitrogens with one attached hydrogen (secondary N) is 1. The summed E-state index contributed by atoms with van der Waals surface area (Å²) in [6, 6.07) is 15.2. The highest BCUT2D eigenvalue weighted by Crippen LogP contribution is 2.14. The van der Waals surface area contributed by atoms with Gasteiger partial charge in [-0.15, -0.1) is 0 Å². The van der Waals surface area contributed by atoms with Crippen LogP contribution in [-0.2, 0) is 15.8 Å². The summed E-state index contributed by atoms with van der Waals surface area (Å²) in [5.74, 6) is -0.426. The van der Waals surface area contributed by atoms with E-state index in [-0.39, 0.29) is 17.5 Å². The van der Waals surface area contributed by atoms with Gasteiger partial charge in [0.2, 0.25) is 10.0 Å². The van der Waals surface area contributed by atoms with Crippen molar-refractivity contribution < 1.29 is 12.8 Å². The Labute approximate surface area is 124 Å². The molecule has 3 nitrogen and oxygen atoms in total. The average Bonchev–Trinajstić information content (AvgIpc) is 2.48. The molecule has 1 atom stereocenters. The van der Waals surface area contributed by atoms with Crippen LogP contribution in [0.2, 0.25) is 0 Å². The van der Waals surface area contributed by atoms with Crippen LogP contribution in [0.4, 0.5) is 4.39 Å². The quantitative estimate of drug-likeness (QED) is 0.891. The molecular formula is C16H18FNO2S. The molecule has 5 heteroatoms. The lowest BCUT2D eigenvalue weighted by Crippen LogP contribution is -2.28. The van der Waals surface area contributed by atoms with Gasteiger partial charge in [-0.25, -0.2) is 17.5 Å². The molecule has 1 N–H and O–H groups in total. The molecular weight excluding hydrogens is 289 g/mol. The fourth-order valence-corrected chi connectivity index (χ4v) is 3.24. The fourth-order valence-electron chi connectivity index (χ4n) is 2.00. The van der Waals surface area contributed by atoms with Crippen molar-refractivity contribution >= 4 is 10.0 Å². The largest absolute Gasteiger partial charge is 0.215 e. The maximum atomic E-state index is 12.8. The summed E-state index contributed by atoms with van der Waals surface area (Å²) < 4.78 is 39.4. The van der Waals surface area contributed by atoms with E-state index in [0.717, 1.165) is 5.56 Å². The lowest BCUT2D eigenvalue weighted by molar-refractivity contribution is 0.574. The number of sulfonamides is 1. The summed E-state index contributed by atoms with van der Waals surface area (Å²) in [5, 5.41) is 0. The molecule has 0 heterocycles. The van der Waals surface area contributed by atoms with Gasteiger partial charge in [-0.2, -0.15) is 0 Å². The molecule has 0 aliphatic heterocycles. The topological polar surface area (TPSA) is 46.2 Å². The molecule has 0 fully saturated rings. The van der Waals surface area contributed by atoms with Crippen LogP contribution in [0.1, 0.15) is 24.0 Å². The highest BCUT2D eigenvalue weighted by Gasteiger charge is 2.14. The van der Waals surface area contributed by atoms with Gasteiger partial charge in [0.1, 0.15) is 5.82 Å². The van der Waals surface area contributed by atoms with Crippen molar-refractivity contribution in [3.05, 3.63) is 71.5 Å². The first-order valence-electron chi connectivity index (χ1n) is 6.73. The highest BCUT2D eigenvalue weighted by molar-refractivity contribution is 7.88. The summed E-state index contributed by atoms with van der Waals surface area (Å²) >= 11 is 0. The van der Waals surface area contributed by atoms with Crippen molar-refractivity contribution in [3.63, 3.8) is 0 Å². The van der Waals surface area contributed by atoms with Gasteiger partial charge in [0, 0.05) is 6.54 Å². The van der Waals surface area contributed by atoms with Crippen LogP contribution in [0, 0.1) is 5.82 Å². The summed E-state index contributed by atoms with van der Waals surface area (Å²) in [6.07, 6.45) is 0. The molecule has 112 valence electrons. The minimum absolute atomic E-state index is 0.0918. The second-order valence-electron chi connectivity index (χ2n) is 5.05. The van der Waals surface area contributed by atoms with Crippen LogP contribution in [0.25, 0.3) is 0 Å². The summed E-state index contributed by atoms with van der Waals surface area (Å²) in [5.41, 5.74) is 1.65. The molecule has 2 aromatic carbocycles. The van der Waals surface area contributed by atoms with Crippen LogP contribution in [-0.4, -0.2) is 15.0 Å². The van der Waals surface area contributed by atoms with Crippen molar-refractivity contribution in [3.8, 4) is 0 Å². The van der Waals surface area contributed by atoms with Gasteiger partial charge in [0.15, 0.2) is 0 Å². The first-order valence-corrected chi connectivity index (χ1v) is 8.38. The van der Waals surface area contributed by atoms with E-state index in [9.17, 15) is 12.8 Å². The van der Waals surface area contributed by atoms with Crippen molar-refractivity contribution in [1.82, 2.24) is 4.72 Å². The van der Waals surface area contributed by atoms with Gasteiger partial charge in [-0.3, -0.25) is 0 Å². The minimum atomic E-state index is -3.42. The summed E-state index contributed by atoms with van der Waals surface area (Å²) in [6.45, 7) is 2.31. The zero-order valence-electron chi connectivity index (χ0n) is 11.8. The third kappa shape index (κ3) is 4.95.